The minimum absolute atomic E-state index is 0.0607. The van der Waals surface area contributed by atoms with Crippen molar-refractivity contribution >= 4 is 17.4 Å². The molecule has 0 bridgehead atoms. The molecule has 1 fully saturated rings. The zero-order chi connectivity index (χ0) is 19.5. The predicted molar refractivity (Wildman–Crippen MR) is 106 cm³/mol. The van der Waals surface area contributed by atoms with Gasteiger partial charge in [0.15, 0.2) is 11.6 Å². The molecule has 144 valence electrons. The molecule has 0 radical (unpaired) electrons. The van der Waals surface area contributed by atoms with Crippen LogP contribution in [0.3, 0.4) is 0 Å². The molecular formula is C20H23N7O. The summed E-state index contributed by atoms with van der Waals surface area (Å²) in [5.74, 6) is 1.37. The van der Waals surface area contributed by atoms with Crippen LogP contribution in [0, 0.1) is 19.8 Å². The molecule has 1 aromatic carbocycles. The maximum absolute atomic E-state index is 12.8. The molecule has 1 unspecified atom stereocenters. The van der Waals surface area contributed by atoms with Crippen molar-refractivity contribution in [3.05, 3.63) is 54.1 Å². The molecule has 1 aliphatic heterocycles. The lowest BCUT2D eigenvalue weighted by molar-refractivity contribution is -0.120. The van der Waals surface area contributed by atoms with Crippen LogP contribution in [0.15, 0.2) is 43.0 Å². The van der Waals surface area contributed by atoms with Crippen molar-refractivity contribution < 1.29 is 4.79 Å². The molecule has 1 aliphatic rings. The highest BCUT2D eigenvalue weighted by molar-refractivity contribution is 5.93. The lowest BCUT2D eigenvalue weighted by atomic mass is 9.96. The fourth-order valence-corrected chi connectivity index (χ4v) is 3.44. The summed E-state index contributed by atoms with van der Waals surface area (Å²) in [7, 11) is 0. The summed E-state index contributed by atoms with van der Waals surface area (Å²) < 4.78 is 1.56. The number of nitrogens with zero attached hydrogens (tertiary/aromatic N) is 6. The highest BCUT2D eigenvalue weighted by Crippen LogP contribution is 2.24. The number of hydrogen-bond donors (Lipinski definition) is 1. The van der Waals surface area contributed by atoms with E-state index in [1.807, 2.05) is 38.1 Å². The first-order valence-corrected chi connectivity index (χ1v) is 9.42. The molecular weight excluding hydrogens is 354 g/mol. The molecule has 1 amide bonds. The van der Waals surface area contributed by atoms with Crippen LogP contribution in [0.2, 0.25) is 0 Å². The minimum atomic E-state index is -0.0783. The van der Waals surface area contributed by atoms with Gasteiger partial charge in [-0.25, -0.2) is 9.67 Å². The van der Waals surface area contributed by atoms with E-state index in [9.17, 15) is 4.79 Å². The Kier molecular flexibility index (Phi) is 5.01. The van der Waals surface area contributed by atoms with Gasteiger partial charge in [0, 0.05) is 18.8 Å². The van der Waals surface area contributed by atoms with E-state index in [-0.39, 0.29) is 11.8 Å². The van der Waals surface area contributed by atoms with Crippen molar-refractivity contribution in [2.24, 2.45) is 5.92 Å². The molecule has 3 aromatic rings. The average Bonchev–Trinajstić information content (AvgIpc) is 3.26. The van der Waals surface area contributed by atoms with Gasteiger partial charge in [0.1, 0.15) is 12.7 Å². The number of amides is 1. The van der Waals surface area contributed by atoms with Gasteiger partial charge in [0.05, 0.1) is 5.92 Å². The Morgan fingerprint density at radius 3 is 2.71 bits per heavy atom. The molecule has 8 heteroatoms. The van der Waals surface area contributed by atoms with Gasteiger partial charge >= 0.3 is 0 Å². The van der Waals surface area contributed by atoms with E-state index in [0.29, 0.717) is 12.4 Å². The maximum Gasteiger partial charge on any atom is 0.229 e. The smallest absolute Gasteiger partial charge is 0.229 e. The molecule has 0 saturated carbocycles. The summed E-state index contributed by atoms with van der Waals surface area (Å²) in [5, 5.41) is 15.7. The molecule has 28 heavy (non-hydrogen) atoms. The number of hydrogen-bond acceptors (Lipinski definition) is 6. The number of carbonyl (C=O) groups is 1. The number of piperidine rings is 1. The summed E-state index contributed by atoms with van der Waals surface area (Å²) >= 11 is 0. The number of carbonyl (C=O) groups excluding carboxylic acids is 1. The fraction of sp³-hybridized carbons (Fsp3) is 0.350. The summed E-state index contributed by atoms with van der Waals surface area (Å²) in [5.41, 5.74) is 3.09. The van der Waals surface area contributed by atoms with E-state index in [1.54, 1.807) is 11.0 Å². The third-order valence-electron chi connectivity index (χ3n) is 5.06. The number of aryl methyl sites for hydroxylation is 2. The first-order chi connectivity index (χ1) is 13.6. The Balaban J connectivity index is 1.44. The van der Waals surface area contributed by atoms with Gasteiger partial charge in [0.2, 0.25) is 5.91 Å². The second kappa shape index (κ2) is 7.75. The Hall–Kier alpha value is -3.29. The lowest BCUT2D eigenvalue weighted by Gasteiger charge is -2.32. The van der Waals surface area contributed by atoms with E-state index in [1.165, 1.54) is 6.33 Å². The van der Waals surface area contributed by atoms with Crippen LogP contribution in [0.4, 0.5) is 11.5 Å². The van der Waals surface area contributed by atoms with Crippen LogP contribution >= 0.6 is 0 Å². The number of rotatable bonds is 4. The van der Waals surface area contributed by atoms with Gasteiger partial charge < -0.3 is 10.2 Å². The van der Waals surface area contributed by atoms with Gasteiger partial charge in [-0.05, 0) is 56.0 Å². The molecule has 1 atom stereocenters. The van der Waals surface area contributed by atoms with Crippen molar-refractivity contribution in [2.45, 2.75) is 26.7 Å². The Labute approximate surface area is 163 Å². The van der Waals surface area contributed by atoms with Gasteiger partial charge in [0.25, 0.3) is 0 Å². The van der Waals surface area contributed by atoms with Crippen LogP contribution < -0.4 is 10.2 Å². The van der Waals surface area contributed by atoms with E-state index in [2.05, 4.69) is 36.6 Å². The molecule has 0 spiro atoms. The molecule has 0 aliphatic carbocycles. The van der Waals surface area contributed by atoms with Crippen LogP contribution in [-0.2, 0) is 4.79 Å². The molecule has 2 aromatic heterocycles. The first-order valence-electron chi connectivity index (χ1n) is 9.42. The highest BCUT2D eigenvalue weighted by atomic mass is 16.1. The zero-order valence-corrected chi connectivity index (χ0v) is 16.0. The quantitative estimate of drug-likeness (QED) is 0.752. The van der Waals surface area contributed by atoms with Gasteiger partial charge in [-0.1, -0.05) is 12.1 Å². The minimum Gasteiger partial charge on any atom is -0.354 e. The second-order valence-electron chi connectivity index (χ2n) is 7.18. The van der Waals surface area contributed by atoms with Crippen molar-refractivity contribution in [1.29, 1.82) is 0 Å². The maximum atomic E-state index is 12.8. The lowest BCUT2D eigenvalue weighted by Crippen LogP contribution is -2.41. The standard InChI is InChI=1S/C20H23N7O/c1-14-5-6-15(2)17(10-14)23-20(28)16-4-3-9-26(11-16)18-7-8-19(25-24-18)27-13-21-12-22-27/h5-8,10,12-13,16H,3-4,9,11H2,1-2H3,(H,23,28). The molecule has 3 heterocycles. The van der Waals surface area contributed by atoms with E-state index in [0.717, 1.165) is 42.0 Å². The molecule has 8 nitrogen and oxygen atoms in total. The Bertz CT molecular complexity index is 953. The molecule has 1 saturated heterocycles. The van der Waals surface area contributed by atoms with Crippen LogP contribution in [0.25, 0.3) is 5.82 Å². The van der Waals surface area contributed by atoms with Crippen LogP contribution in [0.5, 0.6) is 0 Å². The SMILES string of the molecule is Cc1ccc(C)c(NC(=O)C2CCCN(c3ccc(-n4cncn4)nn3)C2)c1. The van der Waals surface area contributed by atoms with E-state index < -0.39 is 0 Å². The zero-order valence-electron chi connectivity index (χ0n) is 16.0. The summed E-state index contributed by atoms with van der Waals surface area (Å²) in [4.78, 5) is 18.9. The van der Waals surface area contributed by atoms with Crippen molar-refractivity contribution in [3.63, 3.8) is 0 Å². The summed E-state index contributed by atoms with van der Waals surface area (Å²) in [6.07, 6.45) is 4.85. The number of benzene rings is 1. The van der Waals surface area contributed by atoms with E-state index >= 15 is 0 Å². The van der Waals surface area contributed by atoms with Crippen molar-refractivity contribution in [3.8, 4) is 5.82 Å². The topological polar surface area (TPSA) is 88.8 Å². The summed E-state index contributed by atoms with van der Waals surface area (Å²) in [6, 6.07) is 9.87. The predicted octanol–water partition coefficient (Wildman–Crippen LogP) is 2.53. The Morgan fingerprint density at radius 1 is 1.14 bits per heavy atom. The number of aromatic nitrogens is 5. The van der Waals surface area contributed by atoms with Crippen LogP contribution in [0.1, 0.15) is 24.0 Å². The largest absolute Gasteiger partial charge is 0.354 e. The first kappa shape index (κ1) is 18.1. The van der Waals surface area contributed by atoms with Gasteiger partial charge in [-0.2, -0.15) is 5.10 Å². The number of anilines is 2. The van der Waals surface area contributed by atoms with Gasteiger partial charge in [-0.15, -0.1) is 10.2 Å². The van der Waals surface area contributed by atoms with Crippen molar-refractivity contribution in [2.75, 3.05) is 23.3 Å². The Morgan fingerprint density at radius 2 is 1.96 bits per heavy atom. The third-order valence-corrected chi connectivity index (χ3v) is 5.06. The number of nitrogens with one attached hydrogen (secondary N) is 1. The monoisotopic (exact) mass is 377 g/mol. The normalized spacial score (nSPS) is 16.8. The highest BCUT2D eigenvalue weighted by Gasteiger charge is 2.27. The van der Waals surface area contributed by atoms with Crippen LogP contribution in [-0.4, -0.2) is 44.0 Å². The second-order valence-corrected chi connectivity index (χ2v) is 7.18. The van der Waals surface area contributed by atoms with E-state index in [4.69, 9.17) is 0 Å². The average molecular weight is 377 g/mol. The molecule has 1 N–H and O–H groups in total. The molecule has 4 rings (SSSR count). The summed E-state index contributed by atoms with van der Waals surface area (Å²) in [6.45, 7) is 5.53. The third kappa shape index (κ3) is 3.85. The fourth-order valence-electron chi connectivity index (χ4n) is 3.44. The van der Waals surface area contributed by atoms with Gasteiger partial charge in [-0.3, -0.25) is 4.79 Å². The van der Waals surface area contributed by atoms with Crippen molar-refractivity contribution in [1.82, 2.24) is 25.0 Å².